The number of amides is 2. The van der Waals surface area contributed by atoms with Gasteiger partial charge in [-0.2, -0.15) is 5.10 Å². The Bertz CT molecular complexity index is 910. The number of aryl methyl sites for hydroxylation is 2. The number of anilines is 1. The lowest BCUT2D eigenvalue weighted by Gasteiger charge is -2.13. The van der Waals surface area contributed by atoms with Crippen molar-refractivity contribution < 1.29 is 9.53 Å². The molecule has 3 aromatic rings. The summed E-state index contributed by atoms with van der Waals surface area (Å²) in [4.78, 5) is 20.7. The van der Waals surface area contributed by atoms with E-state index < -0.39 is 0 Å². The Balaban J connectivity index is 1.48. The third-order valence-electron chi connectivity index (χ3n) is 4.05. The Hall–Kier alpha value is -3.42. The predicted molar refractivity (Wildman–Crippen MR) is 106 cm³/mol. The Morgan fingerprint density at radius 2 is 1.96 bits per heavy atom. The number of aromatic nitrogens is 4. The third-order valence-corrected chi connectivity index (χ3v) is 4.05. The largest absolute Gasteiger partial charge is 0.491 e. The molecule has 2 aromatic heterocycles. The zero-order chi connectivity index (χ0) is 19.8. The van der Waals surface area contributed by atoms with Crippen LogP contribution in [0.2, 0.25) is 0 Å². The first kappa shape index (κ1) is 19.3. The van der Waals surface area contributed by atoms with Gasteiger partial charge in [0.1, 0.15) is 17.4 Å². The van der Waals surface area contributed by atoms with E-state index in [2.05, 4.69) is 25.7 Å². The average molecular weight is 380 g/mol. The number of urea groups is 1. The number of ether oxygens (including phenoxy) is 1. The highest BCUT2D eigenvalue weighted by molar-refractivity contribution is 5.90. The molecule has 0 saturated carbocycles. The van der Waals surface area contributed by atoms with Gasteiger partial charge in [-0.3, -0.25) is 4.98 Å². The monoisotopic (exact) mass is 380 g/mol. The van der Waals surface area contributed by atoms with Crippen molar-refractivity contribution in [3.8, 4) is 5.75 Å². The predicted octanol–water partition coefficient (Wildman–Crippen LogP) is 2.73. The summed E-state index contributed by atoms with van der Waals surface area (Å²) in [6.45, 7) is 5.20. The smallest absolute Gasteiger partial charge is 0.319 e. The van der Waals surface area contributed by atoms with Crippen LogP contribution in [-0.4, -0.2) is 38.9 Å². The fourth-order valence-corrected chi connectivity index (χ4v) is 2.72. The Labute approximate surface area is 164 Å². The number of rotatable bonds is 8. The number of carbonyl (C=O) groups excluding carboxylic acids is 1. The standard InChI is InChI=1S/C20H24N6O2/c1-15-23-16(2)26(25-15)13-12-22-20(27)24-18-8-3-4-9-19(18)28-14-10-17-7-5-6-11-21-17/h3-9,11H,10,12-14H2,1-2H3,(H2,22,24,27). The summed E-state index contributed by atoms with van der Waals surface area (Å²) >= 11 is 0. The lowest BCUT2D eigenvalue weighted by molar-refractivity contribution is 0.251. The maximum absolute atomic E-state index is 12.2. The number of carbonyl (C=O) groups is 1. The van der Waals surface area contributed by atoms with Crippen molar-refractivity contribution in [2.45, 2.75) is 26.8 Å². The zero-order valence-corrected chi connectivity index (χ0v) is 16.1. The number of hydrogen-bond acceptors (Lipinski definition) is 5. The van der Waals surface area contributed by atoms with Crippen LogP contribution in [-0.2, 0) is 13.0 Å². The molecule has 0 spiro atoms. The zero-order valence-electron chi connectivity index (χ0n) is 16.1. The van der Waals surface area contributed by atoms with Gasteiger partial charge in [0.15, 0.2) is 0 Å². The summed E-state index contributed by atoms with van der Waals surface area (Å²) < 4.78 is 7.60. The normalized spacial score (nSPS) is 10.5. The molecule has 0 bridgehead atoms. The number of nitrogens with zero attached hydrogens (tertiary/aromatic N) is 4. The van der Waals surface area contributed by atoms with E-state index >= 15 is 0 Å². The van der Waals surface area contributed by atoms with E-state index in [9.17, 15) is 4.79 Å². The van der Waals surface area contributed by atoms with Crippen LogP contribution in [0.3, 0.4) is 0 Å². The maximum Gasteiger partial charge on any atom is 0.319 e. The minimum atomic E-state index is -0.296. The molecule has 0 radical (unpaired) electrons. The first-order valence-electron chi connectivity index (χ1n) is 9.16. The van der Waals surface area contributed by atoms with E-state index in [4.69, 9.17) is 4.74 Å². The summed E-state index contributed by atoms with van der Waals surface area (Å²) in [6.07, 6.45) is 2.45. The SMILES string of the molecule is Cc1nc(C)n(CCNC(=O)Nc2ccccc2OCCc2ccccn2)n1. The van der Waals surface area contributed by atoms with Crippen LogP contribution in [0.15, 0.2) is 48.7 Å². The maximum atomic E-state index is 12.2. The van der Waals surface area contributed by atoms with Crippen molar-refractivity contribution in [2.24, 2.45) is 0 Å². The number of benzene rings is 1. The van der Waals surface area contributed by atoms with Crippen molar-refractivity contribution in [2.75, 3.05) is 18.5 Å². The Kier molecular flexibility index (Phi) is 6.56. The minimum Gasteiger partial charge on any atom is -0.491 e. The quantitative estimate of drug-likeness (QED) is 0.627. The van der Waals surface area contributed by atoms with Crippen LogP contribution < -0.4 is 15.4 Å². The second-order valence-corrected chi connectivity index (χ2v) is 6.23. The second kappa shape index (κ2) is 9.50. The van der Waals surface area contributed by atoms with Crippen LogP contribution in [0, 0.1) is 13.8 Å². The third kappa shape index (κ3) is 5.54. The number of para-hydroxylation sites is 2. The molecule has 2 N–H and O–H groups in total. The topological polar surface area (TPSA) is 94.0 Å². The number of hydrogen-bond donors (Lipinski definition) is 2. The van der Waals surface area contributed by atoms with Crippen LogP contribution in [0.5, 0.6) is 5.75 Å². The van der Waals surface area contributed by atoms with Gasteiger partial charge in [0.2, 0.25) is 0 Å². The van der Waals surface area contributed by atoms with Crippen molar-refractivity contribution in [1.82, 2.24) is 25.1 Å². The van der Waals surface area contributed by atoms with Crippen LogP contribution in [0.25, 0.3) is 0 Å². The molecule has 0 aliphatic heterocycles. The van der Waals surface area contributed by atoms with E-state index in [0.29, 0.717) is 37.6 Å². The van der Waals surface area contributed by atoms with E-state index in [1.807, 2.05) is 50.2 Å². The molecule has 2 amide bonds. The molecule has 0 unspecified atom stereocenters. The van der Waals surface area contributed by atoms with Gasteiger partial charge in [-0.05, 0) is 38.1 Å². The van der Waals surface area contributed by atoms with E-state index in [1.54, 1.807) is 16.9 Å². The number of pyridine rings is 1. The summed E-state index contributed by atoms with van der Waals surface area (Å²) in [5.41, 5.74) is 1.58. The van der Waals surface area contributed by atoms with Crippen molar-refractivity contribution in [3.05, 3.63) is 66.0 Å². The summed E-state index contributed by atoms with van der Waals surface area (Å²) in [5.74, 6) is 2.17. The van der Waals surface area contributed by atoms with Crippen molar-refractivity contribution in [3.63, 3.8) is 0 Å². The van der Waals surface area contributed by atoms with Crippen LogP contribution in [0.4, 0.5) is 10.5 Å². The average Bonchev–Trinajstić information content (AvgIpc) is 3.01. The highest BCUT2D eigenvalue weighted by Crippen LogP contribution is 2.23. The van der Waals surface area contributed by atoms with Crippen LogP contribution in [0.1, 0.15) is 17.3 Å². The summed E-state index contributed by atoms with van der Waals surface area (Å²) in [7, 11) is 0. The van der Waals surface area contributed by atoms with Gasteiger partial charge in [-0.1, -0.05) is 18.2 Å². The van der Waals surface area contributed by atoms with Crippen LogP contribution >= 0.6 is 0 Å². The molecular weight excluding hydrogens is 356 g/mol. The first-order valence-corrected chi connectivity index (χ1v) is 9.16. The van der Waals surface area contributed by atoms with E-state index in [-0.39, 0.29) is 6.03 Å². The molecular formula is C20H24N6O2. The molecule has 28 heavy (non-hydrogen) atoms. The second-order valence-electron chi connectivity index (χ2n) is 6.23. The molecule has 0 aliphatic carbocycles. The molecule has 2 heterocycles. The fourth-order valence-electron chi connectivity index (χ4n) is 2.72. The Morgan fingerprint density at radius 3 is 2.71 bits per heavy atom. The van der Waals surface area contributed by atoms with Gasteiger partial charge in [-0.25, -0.2) is 14.5 Å². The lowest BCUT2D eigenvalue weighted by atomic mass is 10.2. The summed E-state index contributed by atoms with van der Waals surface area (Å²) in [5, 5.41) is 9.92. The first-order chi connectivity index (χ1) is 13.6. The van der Waals surface area contributed by atoms with Gasteiger partial charge in [-0.15, -0.1) is 0 Å². The van der Waals surface area contributed by atoms with E-state index in [0.717, 1.165) is 17.3 Å². The van der Waals surface area contributed by atoms with Gasteiger partial charge in [0.25, 0.3) is 0 Å². The molecule has 0 fully saturated rings. The molecule has 3 rings (SSSR count). The van der Waals surface area contributed by atoms with Crippen molar-refractivity contribution in [1.29, 1.82) is 0 Å². The molecule has 146 valence electrons. The van der Waals surface area contributed by atoms with Crippen molar-refractivity contribution >= 4 is 11.7 Å². The molecule has 0 atom stereocenters. The lowest BCUT2D eigenvalue weighted by Crippen LogP contribution is -2.32. The molecule has 8 heteroatoms. The van der Waals surface area contributed by atoms with Gasteiger partial charge < -0.3 is 15.4 Å². The van der Waals surface area contributed by atoms with Gasteiger partial charge in [0.05, 0.1) is 18.8 Å². The highest BCUT2D eigenvalue weighted by Gasteiger charge is 2.08. The molecule has 0 aliphatic rings. The Morgan fingerprint density at radius 1 is 1.14 bits per heavy atom. The van der Waals surface area contributed by atoms with Gasteiger partial charge >= 0.3 is 6.03 Å². The highest BCUT2D eigenvalue weighted by atomic mass is 16.5. The molecule has 0 saturated heterocycles. The molecule has 8 nitrogen and oxygen atoms in total. The minimum absolute atomic E-state index is 0.296. The van der Waals surface area contributed by atoms with Gasteiger partial charge in [0, 0.05) is 24.9 Å². The van der Waals surface area contributed by atoms with E-state index in [1.165, 1.54) is 0 Å². The summed E-state index contributed by atoms with van der Waals surface area (Å²) in [6, 6.07) is 12.8. The number of nitrogens with one attached hydrogen (secondary N) is 2. The fraction of sp³-hybridized carbons (Fsp3) is 0.300. The molecule has 1 aromatic carbocycles.